The van der Waals surface area contributed by atoms with Crippen molar-refractivity contribution in [3.63, 3.8) is 0 Å². The standard InChI is InChI=1S/C12H18ClNO/c1-4-11(14)9-7-10(13)8(3)6-12(9)15-5-2/h6-7,11H,4-5,14H2,1-3H3. The van der Waals surface area contributed by atoms with Crippen LogP contribution < -0.4 is 10.5 Å². The van der Waals surface area contributed by atoms with Crippen LogP contribution in [-0.2, 0) is 0 Å². The molecule has 0 radical (unpaired) electrons. The second-order valence-electron chi connectivity index (χ2n) is 3.59. The van der Waals surface area contributed by atoms with Crippen LogP contribution in [0.1, 0.15) is 37.4 Å². The third kappa shape index (κ3) is 2.86. The molecule has 1 aromatic carbocycles. The Morgan fingerprint density at radius 3 is 2.60 bits per heavy atom. The number of ether oxygens (including phenoxy) is 1. The smallest absolute Gasteiger partial charge is 0.124 e. The average Bonchev–Trinajstić information content (AvgIpc) is 2.22. The van der Waals surface area contributed by atoms with Crippen LogP contribution in [-0.4, -0.2) is 6.61 Å². The molecule has 0 saturated heterocycles. The molecule has 0 amide bonds. The fourth-order valence-electron chi connectivity index (χ4n) is 1.46. The molecule has 15 heavy (non-hydrogen) atoms. The zero-order chi connectivity index (χ0) is 11.4. The highest BCUT2D eigenvalue weighted by atomic mass is 35.5. The number of benzene rings is 1. The van der Waals surface area contributed by atoms with E-state index in [1.807, 2.05) is 32.9 Å². The third-order valence-electron chi connectivity index (χ3n) is 2.43. The SMILES string of the molecule is CCOc1cc(C)c(Cl)cc1C(N)CC. The first-order valence-corrected chi connectivity index (χ1v) is 5.66. The van der Waals surface area contributed by atoms with Crippen molar-refractivity contribution in [3.8, 4) is 5.75 Å². The van der Waals surface area contributed by atoms with Crippen molar-refractivity contribution in [1.82, 2.24) is 0 Å². The van der Waals surface area contributed by atoms with Crippen molar-refractivity contribution >= 4 is 11.6 Å². The minimum atomic E-state index is -0.00958. The van der Waals surface area contributed by atoms with Crippen LogP contribution in [0.15, 0.2) is 12.1 Å². The van der Waals surface area contributed by atoms with E-state index >= 15 is 0 Å². The lowest BCUT2D eigenvalue weighted by Gasteiger charge is -2.16. The Morgan fingerprint density at radius 1 is 1.40 bits per heavy atom. The summed E-state index contributed by atoms with van der Waals surface area (Å²) in [5.74, 6) is 0.855. The lowest BCUT2D eigenvalue weighted by atomic mass is 10.0. The van der Waals surface area contributed by atoms with E-state index in [1.165, 1.54) is 0 Å². The molecule has 84 valence electrons. The summed E-state index contributed by atoms with van der Waals surface area (Å²) >= 11 is 6.08. The fourth-order valence-corrected chi connectivity index (χ4v) is 1.63. The number of rotatable bonds is 4. The van der Waals surface area contributed by atoms with E-state index in [9.17, 15) is 0 Å². The quantitative estimate of drug-likeness (QED) is 0.855. The molecule has 0 aliphatic heterocycles. The number of nitrogens with two attached hydrogens (primary N) is 1. The Hall–Kier alpha value is -0.730. The van der Waals surface area contributed by atoms with E-state index in [2.05, 4.69) is 0 Å². The first kappa shape index (κ1) is 12.3. The van der Waals surface area contributed by atoms with E-state index in [4.69, 9.17) is 22.1 Å². The summed E-state index contributed by atoms with van der Waals surface area (Å²) in [5.41, 5.74) is 8.02. The van der Waals surface area contributed by atoms with Crippen molar-refractivity contribution < 1.29 is 4.74 Å². The van der Waals surface area contributed by atoms with Gasteiger partial charge in [0, 0.05) is 16.6 Å². The summed E-state index contributed by atoms with van der Waals surface area (Å²) in [6.45, 7) is 6.62. The molecule has 0 spiro atoms. The molecule has 0 aliphatic rings. The molecule has 1 unspecified atom stereocenters. The van der Waals surface area contributed by atoms with Gasteiger partial charge in [-0.25, -0.2) is 0 Å². The maximum absolute atomic E-state index is 6.08. The van der Waals surface area contributed by atoms with Gasteiger partial charge in [0.2, 0.25) is 0 Å². The van der Waals surface area contributed by atoms with Gasteiger partial charge in [-0.05, 0) is 38.0 Å². The van der Waals surface area contributed by atoms with Crippen LogP contribution in [0.4, 0.5) is 0 Å². The lowest BCUT2D eigenvalue weighted by Crippen LogP contribution is -2.11. The summed E-state index contributed by atoms with van der Waals surface area (Å²) in [7, 11) is 0. The highest BCUT2D eigenvalue weighted by Gasteiger charge is 2.12. The van der Waals surface area contributed by atoms with Gasteiger partial charge in [0.25, 0.3) is 0 Å². The summed E-state index contributed by atoms with van der Waals surface area (Å²) < 4.78 is 5.56. The third-order valence-corrected chi connectivity index (χ3v) is 2.84. The second kappa shape index (κ2) is 5.38. The van der Waals surface area contributed by atoms with Gasteiger partial charge in [0.05, 0.1) is 6.61 Å². The minimum Gasteiger partial charge on any atom is -0.494 e. The Bertz CT molecular complexity index is 339. The molecule has 0 heterocycles. The maximum atomic E-state index is 6.08. The first-order valence-electron chi connectivity index (χ1n) is 5.28. The van der Waals surface area contributed by atoms with Crippen LogP contribution in [0.2, 0.25) is 5.02 Å². The van der Waals surface area contributed by atoms with Crippen molar-refractivity contribution in [2.45, 2.75) is 33.2 Å². The van der Waals surface area contributed by atoms with Gasteiger partial charge in [-0.15, -0.1) is 0 Å². The molecule has 0 aromatic heterocycles. The second-order valence-corrected chi connectivity index (χ2v) is 3.99. The Balaban J connectivity index is 3.15. The van der Waals surface area contributed by atoms with Crippen molar-refractivity contribution in [3.05, 3.63) is 28.3 Å². The van der Waals surface area contributed by atoms with Crippen molar-refractivity contribution in [2.24, 2.45) is 5.73 Å². The van der Waals surface area contributed by atoms with Gasteiger partial charge in [0.15, 0.2) is 0 Å². The van der Waals surface area contributed by atoms with Gasteiger partial charge < -0.3 is 10.5 Å². The van der Waals surface area contributed by atoms with E-state index in [-0.39, 0.29) is 6.04 Å². The number of hydrogen-bond acceptors (Lipinski definition) is 2. The van der Waals surface area contributed by atoms with Gasteiger partial charge >= 0.3 is 0 Å². The predicted molar refractivity (Wildman–Crippen MR) is 64.6 cm³/mol. The molecule has 0 saturated carbocycles. The largest absolute Gasteiger partial charge is 0.494 e. The van der Waals surface area contributed by atoms with Crippen LogP contribution in [0, 0.1) is 6.92 Å². The normalized spacial score (nSPS) is 12.6. The highest BCUT2D eigenvalue weighted by Crippen LogP contribution is 2.31. The molecule has 3 heteroatoms. The van der Waals surface area contributed by atoms with Crippen LogP contribution >= 0.6 is 11.6 Å². The molecule has 2 N–H and O–H groups in total. The summed E-state index contributed by atoms with van der Waals surface area (Å²) in [6.07, 6.45) is 0.874. The molecule has 2 nitrogen and oxygen atoms in total. The minimum absolute atomic E-state index is 0.00958. The van der Waals surface area contributed by atoms with Crippen molar-refractivity contribution in [1.29, 1.82) is 0 Å². The Morgan fingerprint density at radius 2 is 2.07 bits per heavy atom. The maximum Gasteiger partial charge on any atom is 0.124 e. The summed E-state index contributed by atoms with van der Waals surface area (Å²) in [4.78, 5) is 0. The van der Waals surface area contributed by atoms with E-state index in [1.54, 1.807) is 0 Å². The molecule has 1 atom stereocenters. The fraction of sp³-hybridized carbons (Fsp3) is 0.500. The zero-order valence-corrected chi connectivity index (χ0v) is 10.3. The molecule has 0 bridgehead atoms. The topological polar surface area (TPSA) is 35.2 Å². The zero-order valence-electron chi connectivity index (χ0n) is 9.51. The summed E-state index contributed by atoms with van der Waals surface area (Å²) in [6, 6.07) is 3.86. The molecular formula is C12H18ClNO. The monoisotopic (exact) mass is 227 g/mol. The average molecular weight is 228 g/mol. The van der Waals surface area contributed by atoms with Crippen LogP contribution in [0.25, 0.3) is 0 Å². The van der Waals surface area contributed by atoms with Crippen molar-refractivity contribution in [2.75, 3.05) is 6.61 Å². The van der Waals surface area contributed by atoms with Gasteiger partial charge in [-0.3, -0.25) is 0 Å². The Kier molecular flexibility index (Phi) is 4.43. The molecular weight excluding hydrogens is 210 g/mol. The number of aryl methyl sites for hydroxylation is 1. The molecule has 1 aromatic rings. The lowest BCUT2D eigenvalue weighted by molar-refractivity contribution is 0.333. The van der Waals surface area contributed by atoms with E-state index < -0.39 is 0 Å². The highest BCUT2D eigenvalue weighted by molar-refractivity contribution is 6.31. The number of halogens is 1. The van der Waals surface area contributed by atoms with E-state index in [0.717, 1.165) is 28.3 Å². The van der Waals surface area contributed by atoms with Gasteiger partial charge in [0.1, 0.15) is 5.75 Å². The summed E-state index contributed by atoms with van der Waals surface area (Å²) in [5, 5.41) is 0.748. The number of hydrogen-bond donors (Lipinski definition) is 1. The first-order chi connectivity index (χ1) is 7.10. The molecule has 1 rings (SSSR count). The van der Waals surface area contributed by atoms with Crippen LogP contribution in [0.3, 0.4) is 0 Å². The van der Waals surface area contributed by atoms with Crippen LogP contribution in [0.5, 0.6) is 5.75 Å². The van der Waals surface area contributed by atoms with Gasteiger partial charge in [-0.2, -0.15) is 0 Å². The Labute approximate surface area is 96.4 Å². The molecule has 0 aliphatic carbocycles. The van der Waals surface area contributed by atoms with Gasteiger partial charge in [-0.1, -0.05) is 18.5 Å². The molecule has 0 fully saturated rings. The van der Waals surface area contributed by atoms with E-state index in [0.29, 0.717) is 6.61 Å². The predicted octanol–water partition coefficient (Wildman–Crippen LogP) is 3.46.